The van der Waals surface area contributed by atoms with E-state index >= 15 is 0 Å². The number of unbranched alkanes of at least 4 members (excludes halogenated alkanes) is 9. The number of hydrogen-bond acceptors (Lipinski definition) is 3. The molecule has 4 heteroatoms. The van der Waals surface area contributed by atoms with Crippen molar-refractivity contribution in [3.63, 3.8) is 0 Å². The molecule has 21 heavy (non-hydrogen) atoms. The van der Waals surface area contributed by atoms with E-state index in [1.165, 1.54) is 56.3 Å². The first-order valence-corrected chi connectivity index (χ1v) is 8.74. The predicted octanol–water partition coefficient (Wildman–Crippen LogP) is 3.25. The third-order valence-electron chi connectivity index (χ3n) is 4.23. The number of nitrogens with one attached hydrogen (secondary N) is 1. The van der Waals surface area contributed by atoms with E-state index in [-0.39, 0.29) is 17.9 Å². The molecule has 1 aliphatic rings. The van der Waals surface area contributed by atoms with Crippen molar-refractivity contribution in [2.24, 2.45) is 0 Å². The van der Waals surface area contributed by atoms with Crippen molar-refractivity contribution in [1.29, 1.82) is 0 Å². The van der Waals surface area contributed by atoms with E-state index in [1.54, 1.807) is 0 Å². The number of amides is 2. The summed E-state index contributed by atoms with van der Waals surface area (Å²) >= 11 is 0. The first-order chi connectivity index (χ1) is 10.2. The lowest BCUT2D eigenvalue weighted by molar-refractivity contribution is -0.148. The topological polar surface area (TPSA) is 49.4 Å². The standard InChI is InChI=1S/C17H32N2O2/c1-3-4-5-6-7-8-9-10-11-12-13-19-16(20)14-18-15(2)17(19)21/h15,18H,3-14H2,1-2H3. The molecule has 2 amide bonds. The van der Waals surface area contributed by atoms with Gasteiger partial charge in [-0.3, -0.25) is 19.8 Å². The van der Waals surface area contributed by atoms with Crippen molar-refractivity contribution < 1.29 is 9.59 Å². The van der Waals surface area contributed by atoms with Gasteiger partial charge in [0.05, 0.1) is 12.6 Å². The number of piperazine rings is 1. The Balaban J connectivity index is 1.98. The number of rotatable bonds is 11. The second-order valence-electron chi connectivity index (χ2n) is 6.17. The summed E-state index contributed by atoms with van der Waals surface area (Å²) in [5, 5.41) is 2.91. The van der Waals surface area contributed by atoms with Crippen LogP contribution in [0, 0.1) is 0 Å². The molecule has 1 fully saturated rings. The highest BCUT2D eigenvalue weighted by atomic mass is 16.2. The minimum Gasteiger partial charge on any atom is -0.298 e. The molecule has 0 bridgehead atoms. The van der Waals surface area contributed by atoms with Gasteiger partial charge < -0.3 is 0 Å². The summed E-state index contributed by atoms with van der Waals surface area (Å²) in [4.78, 5) is 25.0. The Kier molecular flexibility index (Phi) is 9.31. The minimum atomic E-state index is -0.217. The number of hydrogen-bond donors (Lipinski definition) is 1. The Morgan fingerprint density at radius 1 is 0.952 bits per heavy atom. The lowest BCUT2D eigenvalue weighted by Crippen LogP contribution is -2.57. The Morgan fingerprint density at radius 2 is 1.48 bits per heavy atom. The van der Waals surface area contributed by atoms with Crippen molar-refractivity contribution in [3.8, 4) is 0 Å². The van der Waals surface area contributed by atoms with Crippen LogP contribution < -0.4 is 5.32 Å². The third kappa shape index (κ3) is 7.07. The van der Waals surface area contributed by atoms with E-state index in [9.17, 15) is 9.59 Å². The molecule has 1 atom stereocenters. The fourth-order valence-electron chi connectivity index (χ4n) is 2.77. The average Bonchev–Trinajstić information content (AvgIpc) is 2.48. The maximum absolute atomic E-state index is 11.9. The summed E-state index contributed by atoms with van der Waals surface area (Å²) in [6, 6.07) is -0.217. The molecule has 0 aliphatic carbocycles. The first kappa shape index (κ1) is 18.1. The maximum Gasteiger partial charge on any atom is 0.246 e. The van der Waals surface area contributed by atoms with E-state index in [0.717, 1.165) is 12.8 Å². The van der Waals surface area contributed by atoms with Gasteiger partial charge in [0.2, 0.25) is 11.8 Å². The van der Waals surface area contributed by atoms with Crippen molar-refractivity contribution in [2.45, 2.75) is 84.1 Å². The third-order valence-corrected chi connectivity index (χ3v) is 4.23. The van der Waals surface area contributed by atoms with Crippen LogP contribution in [0.4, 0.5) is 0 Å². The zero-order chi connectivity index (χ0) is 15.5. The normalized spacial score (nSPS) is 19.3. The van der Waals surface area contributed by atoms with Gasteiger partial charge in [-0.15, -0.1) is 0 Å². The molecular weight excluding hydrogens is 264 g/mol. The van der Waals surface area contributed by atoms with Gasteiger partial charge in [-0.2, -0.15) is 0 Å². The monoisotopic (exact) mass is 296 g/mol. The molecular formula is C17H32N2O2. The second kappa shape index (κ2) is 10.8. The molecule has 0 spiro atoms. The molecule has 1 rings (SSSR count). The minimum absolute atomic E-state index is 0.0674. The van der Waals surface area contributed by atoms with Crippen LogP contribution in [0.15, 0.2) is 0 Å². The highest BCUT2D eigenvalue weighted by Crippen LogP contribution is 2.11. The van der Waals surface area contributed by atoms with Crippen molar-refractivity contribution in [3.05, 3.63) is 0 Å². The Bertz CT molecular complexity index is 318. The van der Waals surface area contributed by atoms with E-state index in [1.807, 2.05) is 6.92 Å². The lowest BCUT2D eigenvalue weighted by atomic mass is 10.1. The molecule has 0 aromatic heterocycles. The number of imide groups is 1. The van der Waals surface area contributed by atoms with Gasteiger partial charge >= 0.3 is 0 Å². The molecule has 1 saturated heterocycles. The van der Waals surface area contributed by atoms with Crippen LogP contribution in [0.2, 0.25) is 0 Å². The highest BCUT2D eigenvalue weighted by molar-refractivity contribution is 6.00. The van der Waals surface area contributed by atoms with E-state index in [0.29, 0.717) is 13.1 Å². The van der Waals surface area contributed by atoms with Crippen LogP contribution in [0.1, 0.15) is 78.1 Å². The molecule has 4 nitrogen and oxygen atoms in total. The van der Waals surface area contributed by atoms with Crippen LogP contribution in [0.3, 0.4) is 0 Å². The van der Waals surface area contributed by atoms with Gasteiger partial charge in [-0.05, 0) is 13.3 Å². The lowest BCUT2D eigenvalue weighted by Gasteiger charge is -2.29. The van der Waals surface area contributed by atoms with Gasteiger partial charge in [-0.25, -0.2) is 0 Å². The number of carbonyl (C=O) groups is 2. The molecule has 1 unspecified atom stereocenters. The SMILES string of the molecule is CCCCCCCCCCCCN1C(=O)CNC(C)C1=O. The smallest absolute Gasteiger partial charge is 0.246 e. The molecule has 0 aromatic rings. The summed E-state index contributed by atoms with van der Waals surface area (Å²) < 4.78 is 0. The zero-order valence-corrected chi connectivity index (χ0v) is 13.8. The maximum atomic E-state index is 11.9. The first-order valence-electron chi connectivity index (χ1n) is 8.74. The van der Waals surface area contributed by atoms with Gasteiger partial charge in [0.15, 0.2) is 0 Å². The molecule has 1 heterocycles. The average molecular weight is 296 g/mol. The summed E-state index contributed by atoms with van der Waals surface area (Å²) in [6.45, 7) is 4.96. The molecule has 0 saturated carbocycles. The van der Waals surface area contributed by atoms with E-state index in [2.05, 4.69) is 12.2 Å². The summed E-state index contributed by atoms with van der Waals surface area (Å²) in [5.41, 5.74) is 0. The van der Waals surface area contributed by atoms with Crippen LogP contribution >= 0.6 is 0 Å². The Hall–Kier alpha value is -0.900. The van der Waals surface area contributed by atoms with E-state index in [4.69, 9.17) is 0 Å². The van der Waals surface area contributed by atoms with Crippen molar-refractivity contribution >= 4 is 11.8 Å². The Labute approximate surface area is 129 Å². The van der Waals surface area contributed by atoms with Gasteiger partial charge in [0.1, 0.15) is 0 Å². The highest BCUT2D eigenvalue weighted by Gasteiger charge is 2.30. The van der Waals surface area contributed by atoms with Gasteiger partial charge in [0, 0.05) is 6.54 Å². The quantitative estimate of drug-likeness (QED) is 0.470. The largest absolute Gasteiger partial charge is 0.298 e. The van der Waals surface area contributed by atoms with Crippen molar-refractivity contribution in [2.75, 3.05) is 13.1 Å². The molecule has 122 valence electrons. The predicted molar refractivity (Wildman–Crippen MR) is 86.0 cm³/mol. The summed E-state index contributed by atoms with van der Waals surface area (Å²) in [5.74, 6) is -0.142. The fourth-order valence-corrected chi connectivity index (χ4v) is 2.77. The van der Waals surface area contributed by atoms with Crippen LogP contribution in [-0.4, -0.2) is 35.8 Å². The van der Waals surface area contributed by atoms with Gasteiger partial charge in [-0.1, -0.05) is 64.7 Å². The zero-order valence-electron chi connectivity index (χ0n) is 13.8. The summed E-state index contributed by atoms with van der Waals surface area (Å²) in [7, 11) is 0. The van der Waals surface area contributed by atoms with Crippen LogP contribution in [0.5, 0.6) is 0 Å². The second-order valence-corrected chi connectivity index (χ2v) is 6.17. The number of nitrogens with zero attached hydrogens (tertiary/aromatic N) is 1. The van der Waals surface area contributed by atoms with Crippen LogP contribution in [0.25, 0.3) is 0 Å². The van der Waals surface area contributed by atoms with Crippen LogP contribution in [-0.2, 0) is 9.59 Å². The molecule has 0 aromatic carbocycles. The molecule has 1 aliphatic heterocycles. The number of carbonyl (C=O) groups excluding carboxylic acids is 2. The summed E-state index contributed by atoms with van der Waals surface area (Å²) in [6.07, 6.45) is 12.7. The van der Waals surface area contributed by atoms with Gasteiger partial charge in [0.25, 0.3) is 0 Å². The molecule has 0 radical (unpaired) electrons. The molecule has 1 N–H and O–H groups in total. The van der Waals surface area contributed by atoms with Crippen molar-refractivity contribution in [1.82, 2.24) is 10.2 Å². The Morgan fingerprint density at radius 3 is 2.05 bits per heavy atom. The van der Waals surface area contributed by atoms with E-state index < -0.39 is 0 Å². The fraction of sp³-hybridized carbons (Fsp3) is 0.882.